The van der Waals surface area contributed by atoms with Crippen molar-refractivity contribution in [3.8, 4) is 0 Å². The van der Waals surface area contributed by atoms with Crippen molar-refractivity contribution in [2.75, 3.05) is 46.2 Å². The maximum Gasteiger partial charge on any atom is 0.305 e. The number of rotatable bonds is 12. The van der Waals surface area contributed by atoms with Crippen molar-refractivity contribution in [3.05, 3.63) is 35.9 Å². The van der Waals surface area contributed by atoms with Crippen LogP contribution in [0.5, 0.6) is 0 Å². The van der Waals surface area contributed by atoms with Crippen LogP contribution < -0.4 is 0 Å². The molecular weight excluding hydrogens is 414 g/mol. The van der Waals surface area contributed by atoms with Gasteiger partial charge in [-0.25, -0.2) is 8.42 Å². The van der Waals surface area contributed by atoms with Gasteiger partial charge in [0.2, 0.25) is 10.4 Å². The van der Waals surface area contributed by atoms with Crippen LogP contribution in [0, 0.1) is 0 Å². The molecule has 1 aromatic carbocycles. The molecule has 1 atom stereocenters. The normalized spacial score (nSPS) is 12.6. The predicted molar refractivity (Wildman–Crippen MR) is 116 cm³/mol. The van der Waals surface area contributed by atoms with E-state index in [1.54, 1.807) is 0 Å². The van der Waals surface area contributed by atoms with E-state index in [0.29, 0.717) is 13.0 Å². The summed E-state index contributed by atoms with van der Waals surface area (Å²) in [5.74, 6) is 0.986. The van der Waals surface area contributed by atoms with Crippen molar-refractivity contribution in [2.24, 2.45) is 0 Å². The minimum atomic E-state index is -4.41. The van der Waals surface area contributed by atoms with Gasteiger partial charge in [-0.2, -0.15) is 0 Å². The van der Waals surface area contributed by atoms with E-state index in [2.05, 4.69) is 49.3 Å². The van der Waals surface area contributed by atoms with Gasteiger partial charge in [-0.3, -0.25) is 8.98 Å². The van der Waals surface area contributed by atoms with Crippen LogP contribution in [0.3, 0.4) is 0 Å². The molecule has 1 aromatic rings. The van der Waals surface area contributed by atoms with Crippen LogP contribution in [0.25, 0.3) is 0 Å². The lowest BCUT2D eigenvalue weighted by molar-refractivity contribution is -0.903. The number of benzene rings is 1. The lowest BCUT2D eigenvalue weighted by atomic mass is 10.1. The topological polar surface area (TPSA) is 92.7 Å². The van der Waals surface area contributed by atoms with Crippen molar-refractivity contribution >= 4 is 28.1 Å². The number of hydrogen-bond donors (Lipinski definition) is 0. The Kier molecular flexibility index (Phi) is 14.2. The van der Waals surface area contributed by atoms with Crippen molar-refractivity contribution in [1.29, 1.82) is 0 Å². The van der Waals surface area contributed by atoms with E-state index in [1.165, 1.54) is 5.56 Å². The highest BCUT2D eigenvalue weighted by molar-refractivity contribution is 7.99. The van der Waals surface area contributed by atoms with Crippen molar-refractivity contribution in [1.82, 2.24) is 0 Å². The van der Waals surface area contributed by atoms with Gasteiger partial charge in [0, 0.05) is 12.2 Å². The van der Waals surface area contributed by atoms with E-state index >= 15 is 0 Å². The summed E-state index contributed by atoms with van der Waals surface area (Å²) in [5, 5.41) is 0.221. The third-order valence-corrected chi connectivity index (χ3v) is 6.34. The van der Waals surface area contributed by atoms with Gasteiger partial charge in [-0.05, 0) is 25.8 Å². The summed E-state index contributed by atoms with van der Waals surface area (Å²) in [6.07, 6.45) is 1.34. The minimum Gasteiger partial charge on any atom is -0.726 e. The molecule has 7 nitrogen and oxygen atoms in total. The van der Waals surface area contributed by atoms with E-state index in [-0.39, 0.29) is 11.2 Å². The van der Waals surface area contributed by atoms with E-state index in [4.69, 9.17) is 4.74 Å². The molecule has 0 saturated heterocycles. The summed E-state index contributed by atoms with van der Waals surface area (Å²) in [7, 11) is -1.30. The Morgan fingerprint density at radius 1 is 1.17 bits per heavy atom. The van der Waals surface area contributed by atoms with E-state index < -0.39 is 10.4 Å². The molecule has 9 heteroatoms. The predicted octanol–water partition coefficient (Wildman–Crippen LogP) is 3.38. The summed E-state index contributed by atoms with van der Waals surface area (Å²) in [4.78, 5) is 11.7. The van der Waals surface area contributed by atoms with Gasteiger partial charge in [-0.1, -0.05) is 37.3 Å². The first-order valence-electron chi connectivity index (χ1n) is 9.77. The molecule has 0 fully saturated rings. The van der Waals surface area contributed by atoms with Crippen LogP contribution in [0.1, 0.15) is 44.4 Å². The van der Waals surface area contributed by atoms with Gasteiger partial charge in [0.1, 0.15) is 6.61 Å². The second-order valence-corrected chi connectivity index (χ2v) is 9.21. The number of thioether (sulfide) groups is 1. The van der Waals surface area contributed by atoms with Crippen LogP contribution in [-0.4, -0.2) is 69.6 Å². The molecule has 0 aliphatic heterocycles. The van der Waals surface area contributed by atoms with Crippen LogP contribution in [0.4, 0.5) is 0 Å². The first kappa shape index (κ1) is 27.9. The molecule has 0 aliphatic carbocycles. The van der Waals surface area contributed by atoms with Gasteiger partial charge in [0.25, 0.3) is 0 Å². The van der Waals surface area contributed by atoms with Gasteiger partial charge in [0.05, 0.1) is 39.0 Å². The van der Waals surface area contributed by atoms with Crippen LogP contribution in [0.2, 0.25) is 0 Å². The summed E-state index contributed by atoms with van der Waals surface area (Å²) < 4.78 is 37.6. The lowest BCUT2D eigenvalue weighted by Gasteiger charge is -2.32. The van der Waals surface area contributed by atoms with Crippen molar-refractivity contribution in [2.45, 2.75) is 38.9 Å². The number of hydrogen-bond acceptors (Lipinski definition) is 7. The summed E-state index contributed by atoms with van der Waals surface area (Å²) in [6, 6.07) is 10.4. The molecule has 29 heavy (non-hydrogen) atoms. The molecule has 0 amide bonds. The molecule has 0 saturated carbocycles. The summed E-state index contributed by atoms with van der Waals surface area (Å²) >= 11 is 1.90. The number of ether oxygens (including phenoxy) is 1. The fourth-order valence-electron chi connectivity index (χ4n) is 2.31. The second kappa shape index (κ2) is 14.8. The molecule has 0 N–H and O–H groups in total. The van der Waals surface area contributed by atoms with Gasteiger partial charge < -0.3 is 13.8 Å². The molecule has 0 radical (unpaired) electrons. The highest BCUT2D eigenvalue weighted by atomic mass is 32.3. The zero-order chi connectivity index (χ0) is 22.3. The first-order chi connectivity index (χ1) is 13.6. The van der Waals surface area contributed by atoms with Crippen molar-refractivity contribution < 1.29 is 31.2 Å². The Bertz CT molecular complexity index is 663. The fourth-order valence-corrected chi connectivity index (χ4v) is 3.65. The number of carbonyl (C=O) groups is 1. The molecule has 0 aromatic heterocycles. The maximum atomic E-state index is 11.7. The molecule has 0 spiro atoms. The van der Waals surface area contributed by atoms with Crippen LogP contribution >= 0.6 is 11.8 Å². The Morgan fingerprint density at radius 2 is 1.72 bits per heavy atom. The van der Waals surface area contributed by atoms with Gasteiger partial charge in [0.15, 0.2) is 0 Å². The molecule has 1 unspecified atom stereocenters. The maximum absolute atomic E-state index is 11.7. The Labute approximate surface area is 180 Å². The number of carbonyl (C=O) groups excluding carboxylic acids is 1. The van der Waals surface area contributed by atoms with E-state index in [1.807, 2.05) is 24.8 Å². The first-order valence-corrected chi connectivity index (χ1v) is 12.2. The molecule has 0 aliphatic rings. The quantitative estimate of drug-likeness (QED) is 0.209. The SMILES string of the molecule is CCCC(=O)OCC(SCC[N+](C)(CC)CC)c1ccccc1.COS(=O)(=O)[O-]. The zero-order valence-electron chi connectivity index (χ0n) is 18.1. The third kappa shape index (κ3) is 13.7. The summed E-state index contributed by atoms with van der Waals surface area (Å²) in [6.45, 7) is 10.4. The monoisotopic (exact) mass is 449 g/mol. The zero-order valence-corrected chi connectivity index (χ0v) is 19.8. The smallest absolute Gasteiger partial charge is 0.305 e. The standard InChI is InChI=1S/C19H32NO2S.CH4O4S/c1-5-11-19(21)22-16-18(17-12-9-8-10-13-17)23-15-14-20(4,6-2)7-3;1-5-6(2,3)4/h8-10,12-13,18H,5-7,11,14-16H2,1-4H3;1H3,(H,2,3,4)/q+1;/p-1. The van der Waals surface area contributed by atoms with E-state index in [9.17, 15) is 17.8 Å². The molecule has 0 heterocycles. The fraction of sp³-hybridized carbons (Fsp3) is 0.650. The largest absolute Gasteiger partial charge is 0.726 e. The number of esters is 1. The molecule has 1 rings (SSSR count). The number of quaternary nitrogens is 1. The van der Waals surface area contributed by atoms with Crippen molar-refractivity contribution in [3.63, 3.8) is 0 Å². The highest BCUT2D eigenvalue weighted by Gasteiger charge is 2.19. The van der Waals surface area contributed by atoms with Crippen LogP contribution in [-0.2, 0) is 24.1 Å². The summed E-state index contributed by atoms with van der Waals surface area (Å²) in [5.41, 5.74) is 1.24. The van der Waals surface area contributed by atoms with E-state index in [0.717, 1.165) is 43.4 Å². The molecule has 0 bridgehead atoms. The van der Waals surface area contributed by atoms with Gasteiger partial charge >= 0.3 is 5.97 Å². The Morgan fingerprint density at radius 3 is 2.17 bits per heavy atom. The second-order valence-electron chi connectivity index (χ2n) is 6.75. The third-order valence-electron chi connectivity index (χ3n) is 4.70. The van der Waals surface area contributed by atoms with Crippen LogP contribution in [0.15, 0.2) is 30.3 Å². The average Bonchev–Trinajstić information content (AvgIpc) is 2.71. The lowest BCUT2D eigenvalue weighted by Crippen LogP contribution is -2.45. The Balaban J connectivity index is 0.00000113. The molecule has 168 valence electrons. The highest BCUT2D eigenvalue weighted by Crippen LogP contribution is 2.29. The Hall–Kier alpha value is -1.13. The average molecular weight is 450 g/mol. The molecular formula is C20H35NO6S2. The minimum absolute atomic E-state index is 0.0863. The van der Waals surface area contributed by atoms with Gasteiger partial charge in [-0.15, -0.1) is 11.8 Å². The number of nitrogens with zero attached hydrogens (tertiary/aromatic N) is 1.